The average Bonchev–Trinajstić information content (AvgIpc) is 1.69. The molecule has 1 N–H and O–H groups in total. The van der Waals surface area contributed by atoms with Crippen LogP contribution in [-0.4, -0.2) is 11.6 Å². The zero-order chi connectivity index (χ0) is 5.11. The first kappa shape index (κ1) is 4.59. The van der Waals surface area contributed by atoms with E-state index in [9.17, 15) is 0 Å². The fourth-order valence-corrected chi connectivity index (χ4v) is 0.477. The lowest BCUT2D eigenvalue weighted by molar-refractivity contribution is 0.293. The predicted molar refractivity (Wildman–Crippen MR) is 30.8 cm³/mol. The lowest BCUT2D eigenvalue weighted by atomic mass is 10.6. The Hall–Kier alpha value is -0.570. The van der Waals surface area contributed by atoms with Crippen LogP contribution in [0.4, 0.5) is 0 Å². The van der Waals surface area contributed by atoms with Crippen molar-refractivity contribution in [1.29, 1.82) is 0 Å². The maximum atomic E-state index is 4.80. The minimum absolute atomic E-state index is 0.520. The molecule has 0 spiro atoms. The van der Waals surface area contributed by atoms with Crippen molar-refractivity contribution in [2.45, 2.75) is 0 Å². The topological polar surface area (TPSA) is 21.3 Å². The second kappa shape index (κ2) is 1.93. The molecular weight excluding hydrogens is 110 g/mol. The molecule has 1 aliphatic heterocycles. The molecule has 0 aromatic heterocycles. The Labute approximate surface area is 47.2 Å². The second-order valence-corrected chi connectivity index (χ2v) is 1.67. The molecule has 1 rings (SSSR count). The normalized spacial score (nSPS) is 18.0. The maximum absolute atomic E-state index is 4.80. The Morgan fingerprint density at radius 1 is 1.86 bits per heavy atom. The minimum Gasteiger partial charge on any atom is -0.493 e. The quantitative estimate of drug-likeness (QED) is 0.462. The number of rotatable bonds is 0. The zero-order valence-corrected chi connectivity index (χ0v) is 4.49. The summed E-state index contributed by atoms with van der Waals surface area (Å²) in [4.78, 5) is 0.738. The van der Waals surface area contributed by atoms with Gasteiger partial charge in [0.15, 0.2) is 0 Å². The zero-order valence-electron chi connectivity index (χ0n) is 3.68. The SMILES string of the molecule is S=C1COC=CN1. The summed E-state index contributed by atoms with van der Waals surface area (Å²) >= 11 is 4.72. The first-order valence-corrected chi connectivity index (χ1v) is 2.36. The van der Waals surface area contributed by atoms with E-state index in [1.807, 2.05) is 0 Å². The smallest absolute Gasteiger partial charge is 0.138 e. The van der Waals surface area contributed by atoms with Crippen LogP contribution in [0.5, 0.6) is 0 Å². The molecule has 0 saturated carbocycles. The highest BCUT2D eigenvalue weighted by atomic mass is 32.1. The van der Waals surface area contributed by atoms with Crippen LogP contribution in [0.15, 0.2) is 12.5 Å². The van der Waals surface area contributed by atoms with Gasteiger partial charge in [-0.3, -0.25) is 0 Å². The Balaban J connectivity index is 2.47. The summed E-state index contributed by atoms with van der Waals surface area (Å²) in [5, 5.41) is 2.81. The van der Waals surface area contributed by atoms with Crippen LogP contribution in [0.3, 0.4) is 0 Å². The third-order valence-corrected chi connectivity index (χ3v) is 0.859. The summed E-state index contributed by atoms with van der Waals surface area (Å²) in [6.07, 6.45) is 3.25. The van der Waals surface area contributed by atoms with Crippen LogP contribution in [0.1, 0.15) is 0 Å². The molecule has 0 bridgehead atoms. The van der Waals surface area contributed by atoms with Gasteiger partial charge in [-0.2, -0.15) is 0 Å². The van der Waals surface area contributed by atoms with E-state index in [1.165, 1.54) is 0 Å². The van der Waals surface area contributed by atoms with Crippen LogP contribution < -0.4 is 5.32 Å². The van der Waals surface area contributed by atoms with Gasteiger partial charge in [-0.05, 0) is 0 Å². The Bertz CT molecular complexity index is 110. The van der Waals surface area contributed by atoms with Crippen molar-refractivity contribution in [3.05, 3.63) is 12.5 Å². The molecule has 0 saturated heterocycles. The van der Waals surface area contributed by atoms with Crippen LogP contribution in [0, 0.1) is 0 Å². The molecule has 38 valence electrons. The van der Waals surface area contributed by atoms with E-state index in [-0.39, 0.29) is 0 Å². The molecular formula is C4H5NOS. The molecule has 0 amide bonds. The van der Waals surface area contributed by atoms with Gasteiger partial charge in [0, 0.05) is 6.20 Å². The minimum atomic E-state index is 0.520. The number of hydrogen-bond acceptors (Lipinski definition) is 2. The lowest BCUT2D eigenvalue weighted by Gasteiger charge is -2.06. The molecule has 7 heavy (non-hydrogen) atoms. The van der Waals surface area contributed by atoms with Gasteiger partial charge in [0.2, 0.25) is 0 Å². The summed E-state index contributed by atoms with van der Waals surface area (Å²) in [5.41, 5.74) is 0. The molecule has 0 radical (unpaired) electrons. The molecule has 0 fully saturated rings. The highest BCUT2D eigenvalue weighted by Gasteiger charge is 1.94. The summed E-state index contributed by atoms with van der Waals surface area (Å²) in [6.45, 7) is 0.520. The van der Waals surface area contributed by atoms with Crippen molar-refractivity contribution in [3.8, 4) is 0 Å². The molecule has 3 heteroatoms. The Morgan fingerprint density at radius 2 is 2.71 bits per heavy atom. The van der Waals surface area contributed by atoms with Crippen LogP contribution in [0.25, 0.3) is 0 Å². The third-order valence-electron chi connectivity index (χ3n) is 0.623. The van der Waals surface area contributed by atoms with Gasteiger partial charge in [0.1, 0.15) is 11.6 Å². The highest BCUT2D eigenvalue weighted by Crippen LogP contribution is 1.84. The molecule has 2 nitrogen and oxygen atoms in total. The molecule has 1 aliphatic rings. The summed E-state index contributed by atoms with van der Waals surface area (Å²) in [5.74, 6) is 0. The molecule has 0 aromatic carbocycles. The van der Waals surface area contributed by atoms with Crippen molar-refractivity contribution >= 4 is 17.2 Å². The van der Waals surface area contributed by atoms with Crippen molar-refractivity contribution in [2.24, 2.45) is 0 Å². The van der Waals surface area contributed by atoms with E-state index in [0.29, 0.717) is 6.61 Å². The average molecular weight is 115 g/mol. The van der Waals surface area contributed by atoms with E-state index in [0.717, 1.165) is 4.99 Å². The fourth-order valence-electron chi connectivity index (χ4n) is 0.341. The molecule has 0 unspecified atom stereocenters. The number of hydrogen-bond donors (Lipinski definition) is 1. The van der Waals surface area contributed by atoms with E-state index < -0.39 is 0 Å². The number of thiocarbonyl (C=S) groups is 1. The van der Waals surface area contributed by atoms with Gasteiger partial charge in [-0.1, -0.05) is 12.2 Å². The van der Waals surface area contributed by atoms with Crippen molar-refractivity contribution < 1.29 is 4.74 Å². The second-order valence-electron chi connectivity index (χ2n) is 1.18. The lowest BCUT2D eigenvalue weighted by Crippen LogP contribution is -2.22. The fraction of sp³-hybridized carbons (Fsp3) is 0.250. The van der Waals surface area contributed by atoms with E-state index in [2.05, 4.69) is 5.32 Å². The van der Waals surface area contributed by atoms with Crippen LogP contribution in [0.2, 0.25) is 0 Å². The van der Waals surface area contributed by atoms with Gasteiger partial charge in [0.05, 0.1) is 6.26 Å². The van der Waals surface area contributed by atoms with Gasteiger partial charge < -0.3 is 10.1 Å². The first-order valence-electron chi connectivity index (χ1n) is 1.95. The van der Waals surface area contributed by atoms with Gasteiger partial charge in [-0.25, -0.2) is 0 Å². The Morgan fingerprint density at radius 3 is 3.00 bits per heavy atom. The summed E-state index contributed by atoms with van der Waals surface area (Å²) < 4.78 is 4.80. The number of ether oxygens (including phenoxy) is 1. The van der Waals surface area contributed by atoms with Crippen LogP contribution in [-0.2, 0) is 4.74 Å². The first-order chi connectivity index (χ1) is 3.39. The van der Waals surface area contributed by atoms with Crippen molar-refractivity contribution in [3.63, 3.8) is 0 Å². The third kappa shape index (κ3) is 1.16. The largest absolute Gasteiger partial charge is 0.493 e. The summed E-state index contributed by atoms with van der Waals surface area (Å²) in [7, 11) is 0. The van der Waals surface area contributed by atoms with Crippen LogP contribution >= 0.6 is 12.2 Å². The van der Waals surface area contributed by atoms with Crippen molar-refractivity contribution in [2.75, 3.05) is 6.61 Å². The monoisotopic (exact) mass is 115 g/mol. The molecule has 0 atom stereocenters. The van der Waals surface area contributed by atoms with Gasteiger partial charge in [0.25, 0.3) is 0 Å². The number of nitrogens with one attached hydrogen (secondary N) is 1. The van der Waals surface area contributed by atoms with Gasteiger partial charge in [-0.15, -0.1) is 0 Å². The van der Waals surface area contributed by atoms with Crippen molar-refractivity contribution in [1.82, 2.24) is 5.32 Å². The highest BCUT2D eigenvalue weighted by molar-refractivity contribution is 7.80. The Kier molecular flexibility index (Phi) is 1.26. The van der Waals surface area contributed by atoms with E-state index in [1.54, 1.807) is 12.5 Å². The maximum Gasteiger partial charge on any atom is 0.138 e. The molecule has 0 aromatic rings. The molecule has 0 aliphatic carbocycles. The summed E-state index contributed by atoms with van der Waals surface area (Å²) in [6, 6.07) is 0. The van der Waals surface area contributed by atoms with E-state index >= 15 is 0 Å². The van der Waals surface area contributed by atoms with E-state index in [4.69, 9.17) is 17.0 Å². The molecule has 1 heterocycles. The standard InChI is InChI=1S/C4H5NOS/c7-4-3-6-2-1-5-4/h1-2H,3H2,(H,5,7). The predicted octanol–water partition coefficient (Wildman–Crippen LogP) is 0.405. The van der Waals surface area contributed by atoms with Gasteiger partial charge >= 0.3 is 0 Å².